The van der Waals surface area contributed by atoms with Crippen molar-refractivity contribution in [2.24, 2.45) is 0 Å². The molecule has 0 unspecified atom stereocenters. The lowest BCUT2D eigenvalue weighted by Crippen LogP contribution is -2.28. The molecule has 2 aromatic heterocycles. The zero-order valence-electron chi connectivity index (χ0n) is 18.5. The first kappa shape index (κ1) is 22.2. The smallest absolute Gasteiger partial charge is 0.351 e. The van der Waals surface area contributed by atoms with Gasteiger partial charge in [-0.05, 0) is 48.4 Å². The van der Waals surface area contributed by atoms with Crippen LogP contribution in [0, 0.1) is 11.6 Å². The molecule has 10 heteroatoms. The van der Waals surface area contributed by atoms with E-state index in [1.165, 1.54) is 4.40 Å². The maximum Gasteiger partial charge on any atom is 0.351 e. The van der Waals surface area contributed by atoms with Crippen molar-refractivity contribution in [3.8, 4) is 11.6 Å². The number of nitrogens with one attached hydrogen (secondary N) is 1. The Morgan fingerprint density at radius 3 is 2.57 bits per heavy atom. The molecule has 5 aromatic rings. The van der Waals surface area contributed by atoms with Gasteiger partial charge in [0.15, 0.2) is 0 Å². The monoisotopic (exact) mass is 475 g/mol. The highest BCUT2D eigenvalue weighted by Gasteiger charge is 2.19. The molecule has 0 saturated carbocycles. The van der Waals surface area contributed by atoms with Crippen LogP contribution in [0.4, 0.5) is 14.5 Å². The van der Waals surface area contributed by atoms with Crippen molar-refractivity contribution in [3.63, 3.8) is 0 Å². The summed E-state index contributed by atoms with van der Waals surface area (Å²) in [5.41, 5.74) is 1.43. The largest absolute Gasteiger partial charge is 0.436 e. The van der Waals surface area contributed by atoms with E-state index in [0.29, 0.717) is 22.8 Å². The van der Waals surface area contributed by atoms with Crippen LogP contribution in [0.2, 0.25) is 0 Å². The minimum Gasteiger partial charge on any atom is -0.436 e. The second kappa shape index (κ2) is 8.98. The maximum atomic E-state index is 13.9. The molecule has 0 atom stereocenters. The van der Waals surface area contributed by atoms with Crippen molar-refractivity contribution in [1.82, 2.24) is 19.2 Å². The number of nitrogens with zero attached hydrogens (tertiary/aromatic N) is 4. The Morgan fingerprint density at radius 2 is 1.83 bits per heavy atom. The minimum atomic E-state index is -0.930. The second-order valence-corrected chi connectivity index (χ2v) is 7.78. The number of benzene rings is 3. The first-order chi connectivity index (χ1) is 16.9. The van der Waals surface area contributed by atoms with Gasteiger partial charge >= 0.3 is 5.69 Å². The Morgan fingerprint density at radius 1 is 1.06 bits per heavy atom. The number of ether oxygens (including phenoxy) is 1. The van der Waals surface area contributed by atoms with E-state index >= 15 is 0 Å². The van der Waals surface area contributed by atoms with E-state index in [1.54, 1.807) is 36.4 Å². The van der Waals surface area contributed by atoms with Gasteiger partial charge in [0.25, 0.3) is 5.88 Å². The maximum absolute atomic E-state index is 13.9. The summed E-state index contributed by atoms with van der Waals surface area (Å²) in [6.45, 7) is 1.54. The van der Waals surface area contributed by atoms with Crippen LogP contribution >= 0.6 is 0 Å². The molecule has 3 aromatic carbocycles. The summed E-state index contributed by atoms with van der Waals surface area (Å²) in [6.07, 6.45) is 0.877. The fraction of sp³-hybridized carbons (Fsp3) is 0.120. The number of hydrogen-bond donors (Lipinski definition) is 1. The standard InChI is InChI=1S/C25H19F2N5O3/c1-2-15-7-10-17(11-8-15)35-24-23-30-31(14-22(33)28-19-12-9-16(26)13-18(19)27)25(34)32(23)21-6-4-3-5-20(21)29-24/h3-13H,2,14H2,1H3,(H,28,33). The summed E-state index contributed by atoms with van der Waals surface area (Å²) >= 11 is 0. The molecule has 0 bridgehead atoms. The first-order valence-electron chi connectivity index (χ1n) is 10.8. The Kier molecular flexibility index (Phi) is 5.69. The molecule has 2 heterocycles. The molecule has 0 aliphatic heterocycles. The van der Waals surface area contributed by atoms with E-state index in [9.17, 15) is 18.4 Å². The molecular weight excluding hydrogens is 456 g/mol. The third-order valence-corrected chi connectivity index (χ3v) is 5.42. The van der Waals surface area contributed by atoms with Crippen molar-refractivity contribution < 1.29 is 18.3 Å². The van der Waals surface area contributed by atoms with Gasteiger partial charge in [-0.1, -0.05) is 31.2 Å². The zero-order valence-corrected chi connectivity index (χ0v) is 18.5. The van der Waals surface area contributed by atoms with Gasteiger partial charge in [0.2, 0.25) is 11.6 Å². The molecule has 0 spiro atoms. The van der Waals surface area contributed by atoms with Crippen molar-refractivity contribution in [1.29, 1.82) is 0 Å². The SMILES string of the molecule is CCc1ccc(Oc2nc3ccccc3n3c(=O)n(CC(=O)Nc4ccc(F)cc4F)nc23)cc1. The Balaban J connectivity index is 1.53. The summed E-state index contributed by atoms with van der Waals surface area (Å²) in [5.74, 6) is -1.81. The van der Waals surface area contributed by atoms with Crippen molar-refractivity contribution >= 4 is 28.3 Å². The molecule has 1 N–H and O–H groups in total. The van der Waals surface area contributed by atoms with E-state index in [-0.39, 0.29) is 17.2 Å². The fourth-order valence-corrected chi connectivity index (χ4v) is 3.66. The number of fused-ring (bicyclic) bond motifs is 3. The van der Waals surface area contributed by atoms with Crippen LogP contribution in [0.5, 0.6) is 11.6 Å². The predicted molar refractivity (Wildman–Crippen MR) is 126 cm³/mol. The third kappa shape index (κ3) is 4.33. The number of carbonyl (C=O) groups excluding carboxylic acids is 1. The summed E-state index contributed by atoms with van der Waals surface area (Å²) in [7, 11) is 0. The predicted octanol–water partition coefficient (Wildman–Crippen LogP) is 4.32. The highest BCUT2D eigenvalue weighted by Crippen LogP contribution is 2.26. The number of halogens is 2. The van der Waals surface area contributed by atoms with E-state index in [1.807, 2.05) is 19.1 Å². The van der Waals surface area contributed by atoms with Gasteiger partial charge < -0.3 is 10.1 Å². The van der Waals surface area contributed by atoms with E-state index < -0.39 is 29.8 Å². The lowest BCUT2D eigenvalue weighted by molar-refractivity contribution is -0.117. The molecular formula is C25H19F2N5O3. The summed E-state index contributed by atoms with van der Waals surface area (Å²) < 4.78 is 35.3. The molecule has 0 fully saturated rings. The van der Waals surface area contributed by atoms with E-state index in [0.717, 1.165) is 28.8 Å². The van der Waals surface area contributed by atoms with Crippen LogP contribution < -0.4 is 15.7 Å². The van der Waals surface area contributed by atoms with Crippen LogP contribution in [-0.2, 0) is 17.8 Å². The van der Waals surface area contributed by atoms with E-state index in [4.69, 9.17) is 4.74 Å². The molecule has 0 radical (unpaired) electrons. The van der Waals surface area contributed by atoms with Gasteiger partial charge in [0.1, 0.15) is 23.9 Å². The topological polar surface area (TPSA) is 90.5 Å². The molecule has 176 valence electrons. The molecule has 35 heavy (non-hydrogen) atoms. The normalized spacial score (nSPS) is 11.2. The van der Waals surface area contributed by atoms with Crippen LogP contribution in [0.3, 0.4) is 0 Å². The number of amides is 1. The number of hydrogen-bond acceptors (Lipinski definition) is 5. The van der Waals surface area contributed by atoms with Crippen molar-refractivity contribution in [2.75, 3.05) is 5.32 Å². The summed E-state index contributed by atoms with van der Waals surface area (Å²) in [5, 5.41) is 6.60. The lowest BCUT2D eigenvalue weighted by Gasteiger charge is -2.08. The Hall–Kier alpha value is -4.60. The second-order valence-electron chi connectivity index (χ2n) is 7.78. The number of aryl methyl sites for hydroxylation is 1. The highest BCUT2D eigenvalue weighted by molar-refractivity contribution is 5.90. The average Bonchev–Trinajstić information content (AvgIpc) is 3.18. The molecule has 1 amide bonds. The van der Waals surface area contributed by atoms with Gasteiger partial charge in [0, 0.05) is 6.07 Å². The van der Waals surface area contributed by atoms with Gasteiger partial charge in [-0.15, -0.1) is 5.10 Å². The molecule has 0 aliphatic carbocycles. The number of anilines is 1. The number of aromatic nitrogens is 4. The van der Waals surface area contributed by atoms with Crippen LogP contribution in [0.25, 0.3) is 16.7 Å². The first-order valence-corrected chi connectivity index (χ1v) is 10.8. The van der Waals surface area contributed by atoms with E-state index in [2.05, 4.69) is 15.4 Å². The average molecular weight is 475 g/mol. The molecule has 5 rings (SSSR count). The highest BCUT2D eigenvalue weighted by atomic mass is 19.1. The minimum absolute atomic E-state index is 0.0915. The van der Waals surface area contributed by atoms with Gasteiger partial charge in [0.05, 0.1) is 16.7 Å². The van der Waals surface area contributed by atoms with Crippen LogP contribution in [-0.4, -0.2) is 25.1 Å². The van der Waals surface area contributed by atoms with Crippen LogP contribution in [0.1, 0.15) is 12.5 Å². The van der Waals surface area contributed by atoms with Gasteiger partial charge in [-0.2, -0.15) is 0 Å². The number of para-hydroxylation sites is 2. The number of rotatable bonds is 6. The quantitative estimate of drug-likeness (QED) is 0.395. The van der Waals surface area contributed by atoms with Gasteiger partial charge in [-0.3, -0.25) is 4.79 Å². The van der Waals surface area contributed by atoms with Crippen molar-refractivity contribution in [3.05, 3.63) is 94.4 Å². The fourth-order valence-electron chi connectivity index (χ4n) is 3.66. The molecule has 0 saturated heterocycles. The molecule has 0 aliphatic rings. The lowest BCUT2D eigenvalue weighted by atomic mass is 10.2. The van der Waals surface area contributed by atoms with Gasteiger partial charge in [-0.25, -0.2) is 27.6 Å². The Labute approximate surface area is 197 Å². The molecule has 8 nitrogen and oxygen atoms in total. The summed E-state index contributed by atoms with van der Waals surface area (Å²) in [6, 6.07) is 17.2. The Bertz CT molecular complexity index is 1630. The van der Waals surface area contributed by atoms with Crippen LogP contribution in [0.15, 0.2) is 71.5 Å². The number of carbonyl (C=O) groups is 1. The van der Waals surface area contributed by atoms with Crippen molar-refractivity contribution in [2.45, 2.75) is 19.9 Å². The third-order valence-electron chi connectivity index (χ3n) is 5.42. The summed E-state index contributed by atoms with van der Waals surface area (Å²) in [4.78, 5) is 30.2. The zero-order chi connectivity index (χ0) is 24.5.